The summed E-state index contributed by atoms with van der Waals surface area (Å²) in [5.41, 5.74) is 0.906. The highest BCUT2D eigenvalue weighted by atomic mass is 79.9. The van der Waals surface area contributed by atoms with Crippen LogP contribution in [0.5, 0.6) is 11.5 Å². The van der Waals surface area contributed by atoms with Crippen molar-refractivity contribution in [2.24, 2.45) is 5.92 Å². The second-order valence-corrected chi connectivity index (χ2v) is 6.06. The van der Waals surface area contributed by atoms with Crippen LogP contribution in [0.1, 0.15) is 24.3 Å². The first kappa shape index (κ1) is 14.9. The Morgan fingerprint density at radius 2 is 2.00 bits per heavy atom. The zero-order valence-electron chi connectivity index (χ0n) is 11.3. The molecule has 5 heteroatoms. The van der Waals surface area contributed by atoms with Gasteiger partial charge in [-0.1, -0.05) is 6.92 Å². The zero-order valence-corrected chi connectivity index (χ0v) is 13.6. The fraction of sp³-hybridized carbons (Fsp3) is 0.571. The molecule has 0 saturated carbocycles. The van der Waals surface area contributed by atoms with Gasteiger partial charge in [0.1, 0.15) is 11.5 Å². The number of hydrogen-bond acceptors (Lipinski definition) is 3. The number of alkyl halides is 1. The van der Waals surface area contributed by atoms with E-state index in [0.717, 1.165) is 34.6 Å². The predicted molar refractivity (Wildman–Crippen MR) is 79.4 cm³/mol. The van der Waals surface area contributed by atoms with Gasteiger partial charge in [-0.05, 0) is 40.4 Å². The largest absolute Gasteiger partial charge is 0.496 e. The van der Waals surface area contributed by atoms with Gasteiger partial charge in [-0.3, -0.25) is 0 Å². The van der Waals surface area contributed by atoms with Gasteiger partial charge < -0.3 is 14.2 Å². The van der Waals surface area contributed by atoms with Crippen LogP contribution in [-0.2, 0) is 4.74 Å². The molecule has 1 fully saturated rings. The first-order valence-electron chi connectivity index (χ1n) is 6.25. The molecule has 1 aromatic rings. The van der Waals surface area contributed by atoms with E-state index >= 15 is 0 Å². The van der Waals surface area contributed by atoms with Crippen LogP contribution >= 0.6 is 27.5 Å². The van der Waals surface area contributed by atoms with Crippen LogP contribution < -0.4 is 9.47 Å². The molecule has 0 N–H and O–H groups in total. The van der Waals surface area contributed by atoms with Gasteiger partial charge in [0.05, 0.1) is 30.2 Å². The highest BCUT2D eigenvalue weighted by Crippen LogP contribution is 2.43. The lowest BCUT2D eigenvalue weighted by Gasteiger charge is -2.23. The van der Waals surface area contributed by atoms with Crippen molar-refractivity contribution >= 4 is 27.5 Å². The van der Waals surface area contributed by atoms with Gasteiger partial charge >= 0.3 is 0 Å². The van der Waals surface area contributed by atoms with Crippen molar-refractivity contribution in [2.45, 2.75) is 24.8 Å². The molecule has 3 atom stereocenters. The van der Waals surface area contributed by atoms with Crippen LogP contribution in [0.15, 0.2) is 16.6 Å². The molecule has 3 unspecified atom stereocenters. The van der Waals surface area contributed by atoms with Crippen molar-refractivity contribution in [2.75, 3.05) is 20.8 Å². The molecule has 1 aliphatic rings. The maximum atomic E-state index is 6.60. The summed E-state index contributed by atoms with van der Waals surface area (Å²) in [6.07, 6.45) is 1.06. The molecule has 1 aliphatic heterocycles. The minimum absolute atomic E-state index is 0.0152. The number of ether oxygens (including phenoxy) is 3. The fourth-order valence-corrected chi connectivity index (χ4v) is 3.34. The molecule has 0 aromatic heterocycles. The number of benzene rings is 1. The van der Waals surface area contributed by atoms with Crippen LogP contribution in [0.2, 0.25) is 0 Å². The third-order valence-corrected chi connectivity index (χ3v) is 4.64. The van der Waals surface area contributed by atoms with Crippen LogP contribution in [-0.4, -0.2) is 26.9 Å². The molecule has 3 nitrogen and oxygen atoms in total. The minimum atomic E-state index is -0.241. The number of methoxy groups -OCH3 is 2. The molecule has 1 heterocycles. The molecule has 19 heavy (non-hydrogen) atoms. The van der Waals surface area contributed by atoms with Crippen molar-refractivity contribution in [3.05, 3.63) is 22.2 Å². The molecule has 2 rings (SSSR count). The van der Waals surface area contributed by atoms with E-state index in [1.165, 1.54) is 0 Å². The summed E-state index contributed by atoms with van der Waals surface area (Å²) in [7, 11) is 3.27. The van der Waals surface area contributed by atoms with E-state index in [1.54, 1.807) is 14.2 Å². The molecule has 0 bridgehead atoms. The Balaban J connectivity index is 2.36. The van der Waals surface area contributed by atoms with Crippen LogP contribution in [0, 0.1) is 5.92 Å². The van der Waals surface area contributed by atoms with E-state index in [2.05, 4.69) is 22.9 Å². The Bertz CT molecular complexity index is 453. The molecular formula is C14H18BrClO3. The van der Waals surface area contributed by atoms with E-state index in [-0.39, 0.29) is 11.5 Å². The average molecular weight is 350 g/mol. The van der Waals surface area contributed by atoms with E-state index in [4.69, 9.17) is 25.8 Å². The molecule has 0 amide bonds. The summed E-state index contributed by atoms with van der Waals surface area (Å²) in [5, 5.41) is -0.241. The number of rotatable bonds is 4. The van der Waals surface area contributed by atoms with Gasteiger partial charge in [-0.15, -0.1) is 11.6 Å². The van der Waals surface area contributed by atoms with Gasteiger partial charge in [0.15, 0.2) is 0 Å². The lowest BCUT2D eigenvalue weighted by molar-refractivity contribution is 0.0897. The minimum Gasteiger partial charge on any atom is -0.496 e. The predicted octanol–water partition coefficient (Wildman–Crippen LogP) is 4.17. The van der Waals surface area contributed by atoms with Crippen molar-refractivity contribution in [1.82, 2.24) is 0 Å². The summed E-state index contributed by atoms with van der Waals surface area (Å²) in [6.45, 7) is 2.93. The third kappa shape index (κ3) is 3.01. The van der Waals surface area contributed by atoms with Gasteiger partial charge in [-0.2, -0.15) is 0 Å². The van der Waals surface area contributed by atoms with Gasteiger partial charge in [-0.25, -0.2) is 0 Å². The van der Waals surface area contributed by atoms with E-state index in [9.17, 15) is 0 Å². The first-order valence-corrected chi connectivity index (χ1v) is 7.48. The Labute approximate surface area is 127 Å². The van der Waals surface area contributed by atoms with Crippen molar-refractivity contribution < 1.29 is 14.2 Å². The third-order valence-electron chi connectivity index (χ3n) is 3.53. The van der Waals surface area contributed by atoms with Gasteiger partial charge in [0.2, 0.25) is 0 Å². The number of halogens is 2. The molecular weight excluding hydrogens is 332 g/mol. The topological polar surface area (TPSA) is 27.7 Å². The normalized spacial score (nSPS) is 24.3. The van der Waals surface area contributed by atoms with E-state index < -0.39 is 0 Å². The van der Waals surface area contributed by atoms with Crippen LogP contribution in [0.3, 0.4) is 0 Å². The standard InChI is InChI=1S/C14H18BrClO3/c1-8-4-5-19-14(8)13(16)9-6-12(18-3)10(15)7-11(9)17-2/h6-8,13-14H,4-5H2,1-3H3. The summed E-state index contributed by atoms with van der Waals surface area (Å²) < 4.78 is 17.3. The molecule has 1 saturated heterocycles. The summed E-state index contributed by atoms with van der Waals surface area (Å²) in [4.78, 5) is 0. The van der Waals surface area contributed by atoms with Crippen molar-refractivity contribution in [3.63, 3.8) is 0 Å². The lowest BCUT2D eigenvalue weighted by Crippen LogP contribution is -2.20. The Morgan fingerprint density at radius 1 is 1.32 bits per heavy atom. The highest BCUT2D eigenvalue weighted by molar-refractivity contribution is 9.10. The van der Waals surface area contributed by atoms with E-state index in [0.29, 0.717) is 5.92 Å². The maximum Gasteiger partial charge on any atom is 0.133 e. The summed E-state index contributed by atoms with van der Waals surface area (Å²) >= 11 is 10.0. The monoisotopic (exact) mass is 348 g/mol. The van der Waals surface area contributed by atoms with Crippen molar-refractivity contribution in [3.8, 4) is 11.5 Å². The lowest BCUT2D eigenvalue weighted by atomic mass is 9.96. The molecule has 0 radical (unpaired) electrons. The van der Waals surface area contributed by atoms with Gasteiger partial charge in [0.25, 0.3) is 0 Å². The molecule has 0 aliphatic carbocycles. The zero-order chi connectivity index (χ0) is 14.0. The van der Waals surface area contributed by atoms with Crippen molar-refractivity contribution in [1.29, 1.82) is 0 Å². The number of hydrogen-bond donors (Lipinski definition) is 0. The Kier molecular flexibility index (Phi) is 4.98. The maximum absolute atomic E-state index is 6.60. The second-order valence-electron chi connectivity index (χ2n) is 4.73. The smallest absolute Gasteiger partial charge is 0.133 e. The second kappa shape index (κ2) is 6.33. The van der Waals surface area contributed by atoms with Crippen LogP contribution in [0.25, 0.3) is 0 Å². The average Bonchev–Trinajstić information content (AvgIpc) is 2.83. The van der Waals surface area contributed by atoms with Gasteiger partial charge in [0, 0.05) is 12.2 Å². The summed E-state index contributed by atoms with van der Waals surface area (Å²) in [5.74, 6) is 1.93. The highest BCUT2D eigenvalue weighted by Gasteiger charge is 2.33. The SMILES string of the molecule is COc1cc(C(Cl)C2OCCC2C)c(OC)cc1Br. The van der Waals surface area contributed by atoms with E-state index in [1.807, 2.05) is 12.1 Å². The Morgan fingerprint density at radius 3 is 2.53 bits per heavy atom. The first-order chi connectivity index (χ1) is 9.08. The molecule has 0 spiro atoms. The molecule has 1 aromatic carbocycles. The summed E-state index contributed by atoms with van der Waals surface area (Å²) in [6, 6.07) is 3.79. The quantitative estimate of drug-likeness (QED) is 0.764. The van der Waals surface area contributed by atoms with Crippen LogP contribution in [0.4, 0.5) is 0 Å². The molecule has 106 valence electrons. The Hall–Kier alpha value is -0.450. The fourth-order valence-electron chi connectivity index (χ4n) is 2.37.